The van der Waals surface area contributed by atoms with Gasteiger partial charge in [-0.2, -0.15) is 5.26 Å². The van der Waals surface area contributed by atoms with Crippen molar-refractivity contribution in [2.75, 3.05) is 31.1 Å². The average molecular weight is 480 g/mol. The van der Waals surface area contributed by atoms with E-state index in [-0.39, 0.29) is 12.1 Å². The molecule has 2 aromatic heterocycles. The summed E-state index contributed by atoms with van der Waals surface area (Å²) in [5.74, 6) is 0.463. The summed E-state index contributed by atoms with van der Waals surface area (Å²) in [5, 5.41) is 12.7. The van der Waals surface area contributed by atoms with E-state index in [1.165, 1.54) is 6.26 Å². The molecule has 4 heterocycles. The number of fused-ring (bicyclic) bond motifs is 1. The van der Waals surface area contributed by atoms with Gasteiger partial charge in [0.1, 0.15) is 17.6 Å². The van der Waals surface area contributed by atoms with Crippen LogP contribution in [-0.4, -0.2) is 53.5 Å². The fourth-order valence-electron chi connectivity index (χ4n) is 4.64. The smallest absolute Gasteiger partial charge is 0.312 e. The van der Waals surface area contributed by atoms with Crippen LogP contribution in [0.25, 0.3) is 0 Å². The lowest BCUT2D eigenvalue weighted by molar-refractivity contribution is -0.146. The molecule has 0 unspecified atom stereocenters. The average Bonchev–Trinajstić information content (AvgIpc) is 3.34. The molecule has 2 amide bonds. The van der Waals surface area contributed by atoms with Gasteiger partial charge in [-0.25, -0.2) is 4.98 Å². The van der Waals surface area contributed by atoms with Crippen molar-refractivity contribution < 1.29 is 18.7 Å². The molecular formula is C26H33N5O4. The largest absolute Gasteiger partial charge is 0.467 e. The van der Waals surface area contributed by atoms with E-state index in [0.717, 1.165) is 23.2 Å². The van der Waals surface area contributed by atoms with Gasteiger partial charge in [-0.05, 0) is 43.9 Å². The SMILES string of the molecule is CC(C)Cc1nc(N2CCN(C(=O)C(=O)NCc3ccco3)CC2)c(C#N)c2c1COC(C)(C)C2. The van der Waals surface area contributed by atoms with Gasteiger partial charge in [-0.3, -0.25) is 9.59 Å². The first kappa shape index (κ1) is 24.7. The molecule has 0 bridgehead atoms. The van der Waals surface area contributed by atoms with Crippen LogP contribution >= 0.6 is 0 Å². The molecule has 1 N–H and O–H groups in total. The number of aromatic nitrogens is 1. The van der Waals surface area contributed by atoms with Crippen molar-refractivity contribution in [3.8, 4) is 6.07 Å². The van der Waals surface area contributed by atoms with Gasteiger partial charge >= 0.3 is 11.8 Å². The lowest BCUT2D eigenvalue weighted by atomic mass is 9.86. The molecule has 0 radical (unpaired) electrons. The number of ether oxygens (including phenoxy) is 1. The highest BCUT2D eigenvalue weighted by Crippen LogP contribution is 2.36. The predicted octanol–water partition coefficient (Wildman–Crippen LogP) is 2.56. The molecule has 4 rings (SSSR count). The van der Waals surface area contributed by atoms with Gasteiger partial charge in [-0.15, -0.1) is 0 Å². The summed E-state index contributed by atoms with van der Waals surface area (Å²) in [6, 6.07) is 5.88. The lowest BCUT2D eigenvalue weighted by Gasteiger charge is -2.38. The summed E-state index contributed by atoms with van der Waals surface area (Å²) in [5.41, 5.74) is 3.30. The van der Waals surface area contributed by atoms with Crippen molar-refractivity contribution >= 4 is 17.6 Å². The molecule has 0 aromatic carbocycles. The third-order valence-corrected chi connectivity index (χ3v) is 6.47. The molecule has 9 nitrogen and oxygen atoms in total. The molecule has 9 heteroatoms. The second kappa shape index (κ2) is 10.1. The molecule has 0 atom stereocenters. The van der Waals surface area contributed by atoms with E-state index in [1.54, 1.807) is 17.0 Å². The summed E-state index contributed by atoms with van der Waals surface area (Å²) < 4.78 is 11.2. The zero-order valence-corrected chi connectivity index (χ0v) is 20.9. The third-order valence-electron chi connectivity index (χ3n) is 6.47. The fourth-order valence-corrected chi connectivity index (χ4v) is 4.64. The van der Waals surface area contributed by atoms with E-state index in [2.05, 4.69) is 30.1 Å². The maximum absolute atomic E-state index is 12.6. The van der Waals surface area contributed by atoms with Crippen LogP contribution < -0.4 is 10.2 Å². The quantitative estimate of drug-likeness (QED) is 0.656. The van der Waals surface area contributed by atoms with E-state index < -0.39 is 11.8 Å². The molecule has 0 aliphatic carbocycles. The van der Waals surface area contributed by atoms with Crippen LogP contribution in [0.3, 0.4) is 0 Å². The summed E-state index contributed by atoms with van der Waals surface area (Å²) >= 11 is 0. The van der Waals surface area contributed by atoms with Gasteiger partial charge in [0.15, 0.2) is 0 Å². The highest BCUT2D eigenvalue weighted by atomic mass is 16.5. The van der Waals surface area contributed by atoms with Gasteiger partial charge < -0.3 is 24.3 Å². The number of amides is 2. The Bertz CT molecular complexity index is 1130. The number of piperazine rings is 1. The maximum atomic E-state index is 12.6. The molecule has 186 valence electrons. The Morgan fingerprint density at radius 1 is 1.23 bits per heavy atom. The van der Waals surface area contributed by atoms with Crippen LogP contribution in [0.2, 0.25) is 0 Å². The molecule has 35 heavy (non-hydrogen) atoms. The van der Waals surface area contributed by atoms with E-state index in [9.17, 15) is 14.9 Å². The first-order valence-corrected chi connectivity index (χ1v) is 12.1. The molecule has 0 saturated carbocycles. The van der Waals surface area contributed by atoms with Crippen molar-refractivity contribution in [3.05, 3.63) is 46.5 Å². The number of anilines is 1. The minimum atomic E-state index is -0.652. The Balaban J connectivity index is 1.50. The first-order valence-electron chi connectivity index (χ1n) is 12.1. The van der Waals surface area contributed by atoms with Gasteiger partial charge in [0, 0.05) is 43.9 Å². The maximum Gasteiger partial charge on any atom is 0.312 e. The number of hydrogen-bond acceptors (Lipinski definition) is 7. The number of pyridine rings is 1. The van der Waals surface area contributed by atoms with Gasteiger partial charge in [0.25, 0.3) is 0 Å². The number of rotatable bonds is 5. The van der Waals surface area contributed by atoms with Crippen LogP contribution in [0.1, 0.15) is 55.8 Å². The van der Waals surface area contributed by atoms with Gasteiger partial charge in [0.2, 0.25) is 0 Å². The van der Waals surface area contributed by atoms with Gasteiger partial charge in [-0.1, -0.05) is 13.8 Å². The summed E-state index contributed by atoms with van der Waals surface area (Å²) in [7, 11) is 0. The molecule has 2 aliphatic heterocycles. The second-order valence-corrected chi connectivity index (χ2v) is 10.2. The van der Waals surface area contributed by atoms with Crippen LogP contribution in [0.4, 0.5) is 5.82 Å². The van der Waals surface area contributed by atoms with Crippen molar-refractivity contribution in [2.24, 2.45) is 5.92 Å². The molecule has 2 aliphatic rings. The standard InChI is InChI=1S/C26H33N5O4/c1-17(2)12-22-21-16-35-26(3,4)13-19(21)20(14-27)23(29-22)30-7-9-31(10-8-30)25(33)24(32)28-15-18-6-5-11-34-18/h5-6,11,17H,7-10,12-13,15-16H2,1-4H3,(H,28,32). The van der Waals surface area contributed by atoms with Crippen LogP contribution in [0.15, 0.2) is 22.8 Å². The van der Waals surface area contributed by atoms with Crippen molar-refractivity contribution in [1.82, 2.24) is 15.2 Å². The number of furan rings is 1. The van der Waals surface area contributed by atoms with Gasteiger partial charge in [0.05, 0.1) is 30.6 Å². The molecule has 2 aromatic rings. The van der Waals surface area contributed by atoms with Crippen LogP contribution in [0, 0.1) is 17.2 Å². The predicted molar refractivity (Wildman–Crippen MR) is 129 cm³/mol. The Kier molecular flexibility index (Phi) is 7.13. The third kappa shape index (κ3) is 5.49. The Hall–Kier alpha value is -3.38. The van der Waals surface area contributed by atoms with Crippen molar-refractivity contribution in [2.45, 2.75) is 59.3 Å². The number of nitriles is 1. The number of carbonyl (C=O) groups is 2. The number of nitrogens with zero attached hydrogens (tertiary/aromatic N) is 4. The van der Waals surface area contributed by atoms with Crippen LogP contribution in [0.5, 0.6) is 0 Å². The Labute approximate surface area is 206 Å². The van der Waals surface area contributed by atoms with E-state index in [4.69, 9.17) is 14.1 Å². The summed E-state index contributed by atoms with van der Waals surface area (Å²) in [4.78, 5) is 33.6. The number of carbonyl (C=O) groups excluding carboxylic acids is 2. The minimum Gasteiger partial charge on any atom is -0.467 e. The second-order valence-electron chi connectivity index (χ2n) is 10.2. The zero-order valence-electron chi connectivity index (χ0n) is 20.9. The highest BCUT2D eigenvalue weighted by Gasteiger charge is 2.34. The lowest BCUT2D eigenvalue weighted by Crippen LogP contribution is -2.53. The topological polar surface area (TPSA) is 112 Å². The Morgan fingerprint density at radius 3 is 2.60 bits per heavy atom. The summed E-state index contributed by atoms with van der Waals surface area (Å²) in [6.45, 7) is 10.8. The van der Waals surface area contributed by atoms with Crippen molar-refractivity contribution in [3.63, 3.8) is 0 Å². The number of nitrogens with one attached hydrogen (secondary N) is 1. The molecule has 1 saturated heterocycles. The molecule has 1 fully saturated rings. The number of hydrogen-bond donors (Lipinski definition) is 1. The van der Waals surface area contributed by atoms with Crippen LogP contribution in [-0.2, 0) is 40.3 Å². The first-order chi connectivity index (χ1) is 16.7. The monoisotopic (exact) mass is 479 g/mol. The summed E-state index contributed by atoms with van der Waals surface area (Å²) in [6.07, 6.45) is 2.98. The highest BCUT2D eigenvalue weighted by molar-refractivity contribution is 6.35. The molecular weight excluding hydrogens is 446 g/mol. The van der Waals surface area contributed by atoms with Crippen molar-refractivity contribution in [1.29, 1.82) is 5.26 Å². The minimum absolute atomic E-state index is 0.167. The molecule has 0 spiro atoms. The van der Waals surface area contributed by atoms with E-state index in [1.807, 2.05) is 13.8 Å². The van der Waals surface area contributed by atoms with E-state index >= 15 is 0 Å². The fraction of sp³-hybridized carbons (Fsp3) is 0.538. The zero-order chi connectivity index (χ0) is 25.2. The normalized spacial score (nSPS) is 17.1. The Morgan fingerprint density at radius 2 is 1.97 bits per heavy atom. The van der Waals surface area contributed by atoms with E-state index in [0.29, 0.717) is 62.3 Å².